The average Bonchev–Trinajstić information content (AvgIpc) is 3.01. The van der Waals surface area contributed by atoms with Gasteiger partial charge in [-0.15, -0.1) is 0 Å². The molecule has 4 nitrogen and oxygen atoms in total. The Kier molecular flexibility index (Phi) is 5.50. The van der Waals surface area contributed by atoms with Crippen LogP contribution in [0.4, 0.5) is 5.69 Å². The third kappa shape index (κ3) is 3.55. The number of aryl methyl sites for hydroxylation is 1. The molecule has 0 aliphatic carbocycles. The molecule has 1 aliphatic rings. The van der Waals surface area contributed by atoms with Crippen LogP contribution in [0, 0.1) is 6.92 Å². The first-order chi connectivity index (χ1) is 14.4. The van der Waals surface area contributed by atoms with Crippen molar-refractivity contribution in [1.29, 1.82) is 0 Å². The summed E-state index contributed by atoms with van der Waals surface area (Å²) < 4.78 is 0.865. The zero-order valence-electron chi connectivity index (χ0n) is 16.0. The molecule has 6 heteroatoms. The molecule has 1 atom stereocenters. The Balaban J connectivity index is 1.95. The van der Waals surface area contributed by atoms with E-state index in [1.165, 1.54) is 4.90 Å². The molecule has 1 heterocycles. The SMILES string of the molecule is Cc1ccc(N2C(=O)C(=O)C(=C(O)c3ccccc3)C2c2ccc(Br)cc2)cc1Cl. The fraction of sp³-hybridized carbons (Fsp3) is 0.0833. The lowest BCUT2D eigenvalue weighted by Gasteiger charge is -2.26. The zero-order chi connectivity index (χ0) is 21.4. The molecule has 0 aromatic heterocycles. The molecular formula is C24H17BrClNO3. The first kappa shape index (κ1) is 20.4. The maximum absolute atomic E-state index is 13.1. The van der Waals surface area contributed by atoms with E-state index in [-0.39, 0.29) is 11.3 Å². The number of halogens is 2. The number of rotatable bonds is 3. The van der Waals surface area contributed by atoms with Gasteiger partial charge in [-0.3, -0.25) is 14.5 Å². The molecule has 0 spiro atoms. The van der Waals surface area contributed by atoms with Crippen LogP contribution < -0.4 is 4.90 Å². The summed E-state index contributed by atoms with van der Waals surface area (Å²) in [5.41, 5.74) is 2.57. The van der Waals surface area contributed by atoms with Gasteiger partial charge in [-0.05, 0) is 42.3 Å². The van der Waals surface area contributed by atoms with E-state index >= 15 is 0 Å². The van der Waals surface area contributed by atoms with Gasteiger partial charge in [0, 0.05) is 20.7 Å². The van der Waals surface area contributed by atoms with E-state index < -0.39 is 17.7 Å². The maximum Gasteiger partial charge on any atom is 0.300 e. The van der Waals surface area contributed by atoms with Crippen LogP contribution in [0.1, 0.15) is 22.7 Å². The van der Waals surface area contributed by atoms with E-state index in [4.69, 9.17) is 11.6 Å². The Morgan fingerprint density at radius 2 is 1.67 bits per heavy atom. The lowest BCUT2D eigenvalue weighted by atomic mass is 9.95. The smallest absolute Gasteiger partial charge is 0.300 e. The summed E-state index contributed by atoms with van der Waals surface area (Å²) in [6.07, 6.45) is 0. The summed E-state index contributed by atoms with van der Waals surface area (Å²) >= 11 is 9.70. The molecule has 0 radical (unpaired) electrons. The highest BCUT2D eigenvalue weighted by Crippen LogP contribution is 2.43. The minimum Gasteiger partial charge on any atom is -0.507 e. The number of anilines is 1. The van der Waals surface area contributed by atoms with Gasteiger partial charge in [0.2, 0.25) is 0 Å². The normalized spacial score (nSPS) is 18.1. The Morgan fingerprint density at radius 3 is 2.30 bits per heavy atom. The van der Waals surface area contributed by atoms with E-state index in [2.05, 4.69) is 15.9 Å². The van der Waals surface area contributed by atoms with Gasteiger partial charge in [0.25, 0.3) is 11.7 Å². The summed E-state index contributed by atoms with van der Waals surface area (Å²) in [7, 11) is 0. The number of aliphatic hydroxyl groups is 1. The molecule has 4 rings (SSSR count). The molecule has 0 saturated carbocycles. The molecule has 1 aliphatic heterocycles. The first-order valence-corrected chi connectivity index (χ1v) is 10.4. The maximum atomic E-state index is 13.1. The second-order valence-corrected chi connectivity index (χ2v) is 8.34. The van der Waals surface area contributed by atoms with Gasteiger partial charge in [-0.2, -0.15) is 0 Å². The third-order valence-electron chi connectivity index (χ3n) is 5.11. The van der Waals surface area contributed by atoms with Gasteiger partial charge >= 0.3 is 0 Å². The number of carbonyl (C=O) groups excluding carboxylic acids is 2. The van der Waals surface area contributed by atoms with Crippen molar-refractivity contribution in [2.24, 2.45) is 0 Å². The van der Waals surface area contributed by atoms with Crippen LogP contribution in [-0.4, -0.2) is 16.8 Å². The molecule has 1 amide bonds. The summed E-state index contributed by atoms with van der Waals surface area (Å²) in [6.45, 7) is 1.86. The van der Waals surface area contributed by atoms with Crippen LogP contribution in [0.15, 0.2) is 82.8 Å². The standard InChI is InChI=1S/C24H17BrClNO3/c1-14-7-12-18(13-19(14)26)27-21(15-8-10-17(25)11-9-15)20(23(29)24(27)30)22(28)16-5-3-2-4-6-16/h2-13,21,28H,1H3. The van der Waals surface area contributed by atoms with Crippen molar-refractivity contribution in [2.75, 3.05) is 4.90 Å². The number of Topliss-reactive ketones (excluding diaryl/α,β-unsaturated/α-hetero) is 1. The molecule has 3 aromatic rings. The van der Waals surface area contributed by atoms with Crippen LogP contribution in [0.5, 0.6) is 0 Å². The Hall–Kier alpha value is -2.89. The van der Waals surface area contributed by atoms with Gasteiger partial charge in [0.1, 0.15) is 5.76 Å². The number of hydrogen-bond acceptors (Lipinski definition) is 3. The van der Waals surface area contributed by atoms with E-state index in [1.807, 2.05) is 37.3 Å². The lowest BCUT2D eigenvalue weighted by Crippen LogP contribution is -2.29. The number of carbonyl (C=O) groups is 2. The van der Waals surface area contributed by atoms with Crippen molar-refractivity contribution < 1.29 is 14.7 Å². The molecule has 0 bridgehead atoms. The van der Waals surface area contributed by atoms with Gasteiger partial charge in [-0.25, -0.2) is 0 Å². The number of hydrogen-bond donors (Lipinski definition) is 1. The lowest BCUT2D eigenvalue weighted by molar-refractivity contribution is -0.132. The number of nitrogens with zero attached hydrogens (tertiary/aromatic N) is 1. The second kappa shape index (κ2) is 8.09. The highest BCUT2D eigenvalue weighted by Gasteiger charge is 2.47. The van der Waals surface area contributed by atoms with E-state index in [0.29, 0.717) is 21.8 Å². The van der Waals surface area contributed by atoms with Crippen molar-refractivity contribution in [3.63, 3.8) is 0 Å². The second-order valence-electron chi connectivity index (χ2n) is 7.02. The van der Waals surface area contributed by atoms with Crippen molar-refractivity contribution >= 4 is 50.7 Å². The summed E-state index contributed by atoms with van der Waals surface area (Å²) in [5.74, 6) is -1.65. The van der Waals surface area contributed by atoms with E-state index in [1.54, 1.807) is 42.5 Å². The summed E-state index contributed by atoms with van der Waals surface area (Å²) in [6, 6.07) is 20.5. The van der Waals surface area contributed by atoms with Crippen LogP contribution >= 0.6 is 27.5 Å². The van der Waals surface area contributed by atoms with Gasteiger partial charge in [0.15, 0.2) is 0 Å². The predicted octanol–water partition coefficient (Wildman–Crippen LogP) is 6.04. The zero-order valence-corrected chi connectivity index (χ0v) is 18.3. The quantitative estimate of drug-likeness (QED) is 0.281. The monoisotopic (exact) mass is 481 g/mol. The van der Waals surface area contributed by atoms with E-state index in [9.17, 15) is 14.7 Å². The summed E-state index contributed by atoms with van der Waals surface area (Å²) in [5, 5.41) is 11.5. The van der Waals surface area contributed by atoms with Crippen molar-refractivity contribution in [3.05, 3.63) is 105 Å². The molecule has 1 saturated heterocycles. The average molecular weight is 483 g/mol. The van der Waals surface area contributed by atoms with Crippen LogP contribution in [0.2, 0.25) is 5.02 Å². The topological polar surface area (TPSA) is 57.6 Å². The third-order valence-corrected chi connectivity index (χ3v) is 6.05. The van der Waals surface area contributed by atoms with Crippen LogP contribution in [-0.2, 0) is 9.59 Å². The van der Waals surface area contributed by atoms with Gasteiger partial charge in [-0.1, -0.05) is 76.1 Å². The molecule has 150 valence electrons. The predicted molar refractivity (Wildman–Crippen MR) is 122 cm³/mol. The van der Waals surface area contributed by atoms with Crippen LogP contribution in [0.3, 0.4) is 0 Å². The summed E-state index contributed by atoms with van der Waals surface area (Å²) in [4.78, 5) is 27.5. The Labute approximate surface area is 187 Å². The number of ketones is 1. The van der Waals surface area contributed by atoms with Crippen molar-refractivity contribution in [2.45, 2.75) is 13.0 Å². The highest BCUT2D eigenvalue weighted by atomic mass is 79.9. The molecule has 1 N–H and O–H groups in total. The van der Waals surface area contributed by atoms with Crippen molar-refractivity contribution in [3.8, 4) is 0 Å². The van der Waals surface area contributed by atoms with E-state index in [0.717, 1.165) is 10.0 Å². The molecule has 30 heavy (non-hydrogen) atoms. The fourth-order valence-corrected chi connectivity index (χ4v) is 3.98. The minimum absolute atomic E-state index is 0.0465. The fourth-order valence-electron chi connectivity index (χ4n) is 3.54. The highest BCUT2D eigenvalue weighted by molar-refractivity contribution is 9.10. The molecule has 1 fully saturated rings. The van der Waals surface area contributed by atoms with Gasteiger partial charge < -0.3 is 5.11 Å². The number of aliphatic hydroxyl groups excluding tert-OH is 1. The number of benzene rings is 3. The van der Waals surface area contributed by atoms with Gasteiger partial charge in [0.05, 0.1) is 11.6 Å². The first-order valence-electron chi connectivity index (χ1n) is 9.26. The largest absolute Gasteiger partial charge is 0.507 e. The van der Waals surface area contributed by atoms with Crippen molar-refractivity contribution in [1.82, 2.24) is 0 Å². The molecule has 3 aromatic carbocycles. The Morgan fingerprint density at radius 1 is 1.00 bits per heavy atom. The van der Waals surface area contributed by atoms with Crippen LogP contribution in [0.25, 0.3) is 5.76 Å². The number of amides is 1. The Bertz CT molecular complexity index is 1170. The minimum atomic E-state index is -0.780. The molecule has 1 unspecified atom stereocenters. The molecular weight excluding hydrogens is 466 g/mol.